The summed E-state index contributed by atoms with van der Waals surface area (Å²) in [5, 5.41) is 8.37. The van der Waals surface area contributed by atoms with Crippen LogP contribution in [-0.4, -0.2) is 25.1 Å². The molecule has 0 heterocycles. The summed E-state index contributed by atoms with van der Waals surface area (Å²) in [5.74, 6) is -0.259. The van der Waals surface area contributed by atoms with Crippen LogP contribution in [0.15, 0.2) is 54.6 Å². The Balaban J connectivity index is 1.89. The van der Waals surface area contributed by atoms with E-state index in [4.69, 9.17) is 4.74 Å². The number of methoxy groups -OCH3 is 1. The zero-order valence-electron chi connectivity index (χ0n) is 16.0. The Labute approximate surface area is 160 Å². The van der Waals surface area contributed by atoms with Crippen LogP contribution in [0.3, 0.4) is 0 Å². The van der Waals surface area contributed by atoms with E-state index in [1.54, 1.807) is 19.2 Å². The molecule has 0 radical (unpaired) electrons. The standard InChI is InChI=1S/C21H27N3O3/c1-15(2)19(24-21(26)23-18-7-5-4-6-8-18)20(25)22-13-16-9-11-17(12-10-16)14-27-3/h4-12,15,19H,13-14H2,1-3H3,(H,22,25)(H2,23,24,26). The van der Waals surface area contributed by atoms with Crippen LogP contribution in [0.25, 0.3) is 0 Å². The summed E-state index contributed by atoms with van der Waals surface area (Å²) in [7, 11) is 1.65. The van der Waals surface area contributed by atoms with Crippen LogP contribution in [0.5, 0.6) is 0 Å². The molecule has 0 aromatic heterocycles. The van der Waals surface area contributed by atoms with Gasteiger partial charge in [0.1, 0.15) is 6.04 Å². The molecule has 1 atom stereocenters. The number of benzene rings is 2. The molecular formula is C21H27N3O3. The van der Waals surface area contributed by atoms with Crippen LogP contribution in [0.2, 0.25) is 0 Å². The van der Waals surface area contributed by atoms with Gasteiger partial charge in [0.15, 0.2) is 0 Å². The lowest BCUT2D eigenvalue weighted by Crippen LogP contribution is -2.50. The number of amides is 3. The third kappa shape index (κ3) is 6.75. The Morgan fingerprint density at radius 1 is 0.963 bits per heavy atom. The maximum atomic E-state index is 12.5. The fourth-order valence-corrected chi connectivity index (χ4v) is 2.58. The number of nitrogens with one attached hydrogen (secondary N) is 3. The topological polar surface area (TPSA) is 79.5 Å². The Hall–Kier alpha value is -2.86. The van der Waals surface area contributed by atoms with Crippen LogP contribution in [0.1, 0.15) is 25.0 Å². The lowest BCUT2D eigenvalue weighted by Gasteiger charge is -2.22. The van der Waals surface area contributed by atoms with Gasteiger partial charge in [0.2, 0.25) is 5.91 Å². The third-order valence-corrected chi connectivity index (χ3v) is 4.07. The monoisotopic (exact) mass is 369 g/mol. The molecule has 0 spiro atoms. The highest BCUT2D eigenvalue weighted by molar-refractivity contribution is 5.93. The molecule has 3 amide bonds. The number of carbonyl (C=O) groups excluding carboxylic acids is 2. The van der Waals surface area contributed by atoms with Crippen LogP contribution in [0.4, 0.5) is 10.5 Å². The molecule has 1 unspecified atom stereocenters. The zero-order valence-corrected chi connectivity index (χ0v) is 16.0. The van der Waals surface area contributed by atoms with Crippen molar-refractivity contribution in [3.8, 4) is 0 Å². The highest BCUT2D eigenvalue weighted by Gasteiger charge is 2.24. The summed E-state index contributed by atoms with van der Waals surface area (Å²) in [4.78, 5) is 24.7. The second-order valence-electron chi connectivity index (χ2n) is 6.65. The van der Waals surface area contributed by atoms with Crippen molar-refractivity contribution in [1.29, 1.82) is 0 Å². The molecule has 0 fully saturated rings. The average molecular weight is 369 g/mol. The van der Waals surface area contributed by atoms with Gasteiger partial charge in [-0.3, -0.25) is 4.79 Å². The van der Waals surface area contributed by atoms with E-state index in [0.717, 1.165) is 11.1 Å². The number of carbonyl (C=O) groups is 2. The number of ether oxygens (including phenoxy) is 1. The van der Waals surface area contributed by atoms with Crippen LogP contribution in [0, 0.1) is 5.92 Å². The summed E-state index contributed by atoms with van der Waals surface area (Å²) in [6, 6.07) is 15.9. The van der Waals surface area contributed by atoms with E-state index in [-0.39, 0.29) is 11.8 Å². The van der Waals surface area contributed by atoms with E-state index in [0.29, 0.717) is 18.8 Å². The molecule has 6 heteroatoms. The van der Waals surface area contributed by atoms with Gasteiger partial charge in [-0.25, -0.2) is 4.79 Å². The zero-order chi connectivity index (χ0) is 19.6. The van der Waals surface area contributed by atoms with Gasteiger partial charge in [-0.1, -0.05) is 56.3 Å². The predicted molar refractivity (Wildman–Crippen MR) is 106 cm³/mol. The van der Waals surface area contributed by atoms with Crippen LogP contribution < -0.4 is 16.0 Å². The van der Waals surface area contributed by atoms with Gasteiger partial charge in [0.25, 0.3) is 0 Å². The minimum Gasteiger partial charge on any atom is -0.380 e. The molecule has 0 aliphatic heterocycles. The van der Waals surface area contributed by atoms with Crippen molar-refractivity contribution in [1.82, 2.24) is 10.6 Å². The molecule has 0 aliphatic rings. The van der Waals surface area contributed by atoms with Crippen molar-refractivity contribution in [3.63, 3.8) is 0 Å². The van der Waals surface area contributed by atoms with E-state index in [9.17, 15) is 9.59 Å². The summed E-state index contributed by atoms with van der Waals surface area (Å²) < 4.78 is 5.09. The second-order valence-corrected chi connectivity index (χ2v) is 6.65. The first-order chi connectivity index (χ1) is 13.0. The first kappa shape index (κ1) is 20.5. The fourth-order valence-electron chi connectivity index (χ4n) is 2.58. The van der Waals surface area contributed by atoms with Gasteiger partial charge in [-0.15, -0.1) is 0 Å². The summed E-state index contributed by atoms with van der Waals surface area (Å²) in [6.45, 7) is 4.75. The minimum absolute atomic E-state index is 0.0457. The second kappa shape index (κ2) is 10.3. The van der Waals surface area contributed by atoms with Gasteiger partial charge >= 0.3 is 6.03 Å². The molecule has 3 N–H and O–H groups in total. The van der Waals surface area contributed by atoms with Crippen molar-refractivity contribution < 1.29 is 14.3 Å². The van der Waals surface area contributed by atoms with Gasteiger partial charge in [0.05, 0.1) is 6.61 Å². The fraction of sp³-hybridized carbons (Fsp3) is 0.333. The first-order valence-electron chi connectivity index (χ1n) is 8.96. The summed E-state index contributed by atoms with van der Waals surface area (Å²) in [6.07, 6.45) is 0. The van der Waals surface area contributed by atoms with Crippen LogP contribution in [-0.2, 0) is 22.7 Å². The van der Waals surface area contributed by atoms with Gasteiger partial charge in [-0.2, -0.15) is 0 Å². The maximum absolute atomic E-state index is 12.5. The Morgan fingerprint density at radius 2 is 1.59 bits per heavy atom. The molecule has 0 aliphatic carbocycles. The minimum atomic E-state index is -0.624. The largest absolute Gasteiger partial charge is 0.380 e. The van der Waals surface area contributed by atoms with Gasteiger partial charge < -0.3 is 20.7 Å². The van der Waals surface area contributed by atoms with E-state index < -0.39 is 12.1 Å². The molecule has 2 aromatic carbocycles. The molecule has 2 aromatic rings. The normalized spacial score (nSPS) is 11.7. The number of para-hydroxylation sites is 1. The number of anilines is 1. The van der Waals surface area contributed by atoms with E-state index >= 15 is 0 Å². The molecule has 6 nitrogen and oxygen atoms in total. The third-order valence-electron chi connectivity index (χ3n) is 4.07. The molecule has 144 valence electrons. The van der Waals surface area contributed by atoms with Crippen LogP contribution >= 0.6 is 0 Å². The van der Waals surface area contributed by atoms with E-state index in [1.807, 2.05) is 56.3 Å². The van der Waals surface area contributed by atoms with Crippen molar-refractivity contribution in [2.75, 3.05) is 12.4 Å². The first-order valence-corrected chi connectivity index (χ1v) is 8.96. The lowest BCUT2D eigenvalue weighted by atomic mass is 10.0. The highest BCUT2D eigenvalue weighted by Crippen LogP contribution is 2.08. The SMILES string of the molecule is COCc1ccc(CNC(=O)C(NC(=O)Nc2ccccc2)C(C)C)cc1. The molecular weight excluding hydrogens is 342 g/mol. The molecule has 0 saturated heterocycles. The van der Waals surface area contributed by atoms with Gasteiger partial charge in [0, 0.05) is 19.3 Å². The molecule has 0 saturated carbocycles. The lowest BCUT2D eigenvalue weighted by molar-refractivity contribution is -0.124. The van der Waals surface area contributed by atoms with E-state index in [1.165, 1.54) is 0 Å². The molecule has 0 bridgehead atoms. The number of hydrogen-bond acceptors (Lipinski definition) is 3. The average Bonchev–Trinajstić information content (AvgIpc) is 2.66. The van der Waals surface area contributed by atoms with Crippen molar-refractivity contribution in [3.05, 3.63) is 65.7 Å². The van der Waals surface area contributed by atoms with E-state index in [2.05, 4.69) is 16.0 Å². The van der Waals surface area contributed by atoms with Crippen molar-refractivity contribution in [2.45, 2.75) is 33.0 Å². The Kier molecular flexibility index (Phi) is 7.82. The quantitative estimate of drug-likeness (QED) is 0.668. The van der Waals surface area contributed by atoms with Gasteiger partial charge in [-0.05, 0) is 29.2 Å². The highest BCUT2D eigenvalue weighted by atomic mass is 16.5. The number of urea groups is 1. The Morgan fingerprint density at radius 3 is 2.19 bits per heavy atom. The summed E-state index contributed by atoms with van der Waals surface area (Å²) >= 11 is 0. The maximum Gasteiger partial charge on any atom is 0.319 e. The number of rotatable bonds is 8. The van der Waals surface area contributed by atoms with Crippen molar-refractivity contribution >= 4 is 17.6 Å². The predicted octanol–water partition coefficient (Wildman–Crippen LogP) is 3.30. The Bertz CT molecular complexity index is 730. The number of hydrogen-bond donors (Lipinski definition) is 3. The smallest absolute Gasteiger partial charge is 0.319 e. The summed E-state index contributed by atoms with van der Waals surface area (Å²) in [5.41, 5.74) is 2.74. The van der Waals surface area contributed by atoms with Crippen molar-refractivity contribution in [2.24, 2.45) is 5.92 Å². The molecule has 2 rings (SSSR count). The molecule has 27 heavy (non-hydrogen) atoms.